The van der Waals surface area contributed by atoms with E-state index in [0.717, 1.165) is 12.8 Å². The molecule has 0 aromatic heterocycles. The first-order chi connectivity index (χ1) is 5.59. The van der Waals surface area contributed by atoms with Crippen LogP contribution in [0.1, 0.15) is 12.8 Å². The lowest BCUT2D eigenvalue weighted by Crippen LogP contribution is -2.31. The van der Waals surface area contributed by atoms with Gasteiger partial charge in [-0.3, -0.25) is 4.99 Å². The summed E-state index contributed by atoms with van der Waals surface area (Å²) in [6, 6.07) is 2.27. The highest BCUT2D eigenvalue weighted by Crippen LogP contribution is 2.44. The van der Waals surface area contributed by atoms with Gasteiger partial charge in [-0.25, -0.2) is 0 Å². The number of nitriles is 1. The summed E-state index contributed by atoms with van der Waals surface area (Å²) >= 11 is 0. The normalized spacial score (nSPS) is 18.4. The molecule has 0 atom stereocenters. The average Bonchev–Trinajstić information content (AvgIpc) is 2.81. The zero-order chi connectivity index (χ0) is 9.19. The highest BCUT2D eigenvalue weighted by Gasteiger charge is 2.42. The van der Waals surface area contributed by atoms with Crippen molar-refractivity contribution >= 4 is 29.9 Å². The van der Waals surface area contributed by atoms with E-state index in [9.17, 15) is 0 Å². The standard InChI is InChI=1S/C8H14N4.HI/c1-12(2)7(10)11-6-8(5-9)3-4-8;/h3-4,6H2,1-2H3,(H2,10,11);1H. The van der Waals surface area contributed by atoms with E-state index in [1.807, 2.05) is 14.1 Å². The van der Waals surface area contributed by atoms with E-state index < -0.39 is 0 Å². The Morgan fingerprint density at radius 3 is 2.46 bits per heavy atom. The Balaban J connectivity index is 0.00000144. The van der Waals surface area contributed by atoms with Crippen LogP contribution in [0.3, 0.4) is 0 Å². The van der Waals surface area contributed by atoms with Crippen molar-refractivity contribution in [3.8, 4) is 6.07 Å². The Kier molecular flexibility index (Phi) is 4.47. The van der Waals surface area contributed by atoms with Crippen molar-refractivity contribution in [3.05, 3.63) is 0 Å². The molecule has 1 rings (SSSR count). The fraction of sp³-hybridized carbons (Fsp3) is 0.750. The molecule has 74 valence electrons. The number of aliphatic imine (C=N–C) groups is 1. The number of halogens is 1. The molecule has 0 heterocycles. The number of nitrogens with two attached hydrogens (primary N) is 1. The lowest BCUT2D eigenvalue weighted by atomic mass is 10.1. The van der Waals surface area contributed by atoms with Crippen molar-refractivity contribution in [2.45, 2.75) is 12.8 Å². The van der Waals surface area contributed by atoms with Gasteiger partial charge in [0, 0.05) is 14.1 Å². The third kappa shape index (κ3) is 3.38. The van der Waals surface area contributed by atoms with Gasteiger partial charge in [-0.15, -0.1) is 24.0 Å². The van der Waals surface area contributed by atoms with Gasteiger partial charge in [0.05, 0.1) is 18.0 Å². The van der Waals surface area contributed by atoms with E-state index >= 15 is 0 Å². The van der Waals surface area contributed by atoms with Gasteiger partial charge in [-0.1, -0.05) is 0 Å². The molecule has 0 aliphatic heterocycles. The minimum absolute atomic E-state index is 0. The summed E-state index contributed by atoms with van der Waals surface area (Å²) in [7, 11) is 3.68. The molecule has 1 fully saturated rings. The maximum absolute atomic E-state index is 8.73. The van der Waals surface area contributed by atoms with Crippen LogP contribution in [-0.2, 0) is 0 Å². The topological polar surface area (TPSA) is 65.4 Å². The summed E-state index contributed by atoms with van der Waals surface area (Å²) in [4.78, 5) is 5.87. The van der Waals surface area contributed by atoms with E-state index in [2.05, 4.69) is 11.1 Å². The number of rotatable bonds is 2. The van der Waals surface area contributed by atoms with Crippen LogP contribution in [0.25, 0.3) is 0 Å². The lowest BCUT2D eigenvalue weighted by Gasteiger charge is -2.11. The van der Waals surface area contributed by atoms with Crippen LogP contribution >= 0.6 is 24.0 Å². The maximum atomic E-state index is 8.73. The van der Waals surface area contributed by atoms with Crippen LogP contribution in [-0.4, -0.2) is 31.5 Å². The second-order valence-corrected chi connectivity index (χ2v) is 3.46. The number of nitrogens with zero attached hydrogens (tertiary/aromatic N) is 3. The summed E-state index contributed by atoms with van der Waals surface area (Å²) in [6.45, 7) is 0.549. The van der Waals surface area contributed by atoms with Crippen molar-refractivity contribution in [2.75, 3.05) is 20.6 Å². The first-order valence-electron chi connectivity index (χ1n) is 3.98. The average molecular weight is 294 g/mol. The van der Waals surface area contributed by atoms with E-state index in [1.165, 1.54) is 0 Å². The summed E-state index contributed by atoms with van der Waals surface area (Å²) in [5.74, 6) is 0.497. The lowest BCUT2D eigenvalue weighted by molar-refractivity contribution is 0.596. The van der Waals surface area contributed by atoms with Crippen LogP contribution in [0.15, 0.2) is 4.99 Å². The molecular weight excluding hydrogens is 279 g/mol. The quantitative estimate of drug-likeness (QED) is 0.465. The van der Waals surface area contributed by atoms with Crippen LogP contribution < -0.4 is 5.73 Å². The molecule has 2 N–H and O–H groups in total. The summed E-state index contributed by atoms with van der Waals surface area (Å²) < 4.78 is 0. The highest BCUT2D eigenvalue weighted by atomic mass is 127. The molecule has 0 amide bonds. The minimum Gasteiger partial charge on any atom is -0.370 e. The summed E-state index contributed by atoms with van der Waals surface area (Å²) in [5.41, 5.74) is 5.39. The zero-order valence-corrected chi connectivity index (χ0v) is 10.3. The second kappa shape index (κ2) is 4.65. The molecule has 13 heavy (non-hydrogen) atoms. The van der Waals surface area contributed by atoms with Crippen molar-refractivity contribution in [1.82, 2.24) is 4.90 Å². The molecule has 0 radical (unpaired) electrons. The van der Waals surface area contributed by atoms with Crippen LogP contribution in [0, 0.1) is 16.7 Å². The Morgan fingerprint density at radius 2 is 2.15 bits per heavy atom. The van der Waals surface area contributed by atoms with Gasteiger partial charge < -0.3 is 10.6 Å². The predicted molar refractivity (Wildman–Crippen MR) is 62.9 cm³/mol. The van der Waals surface area contributed by atoms with Crippen molar-refractivity contribution in [2.24, 2.45) is 16.1 Å². The fourth-order valence-electron chi connectivity index (χ4n) is 0.830. The summed E-state index contributed by atoms with van der Waals surface area (Å²) in [6.07, 6.45) is 1.93. The van der Waals surface area contributed by atoms with Gasteiger partial charge in [0.25, 0.3) is 0 Å². The fourth-order valence-corrected chi connectivity index (χ4v) is 0.830. The molecule has 0 aromatic rings. The Bertz CT molecular complexity index is 237. The van der Waals surface area contributed by atoms with Gasteiger partial charge in [-0.2, -0.15) is 5.26 Å². The van der Waals surface area contributed by atoms with Crippen molar-refractivity contribution in [1.29, 1.82) is 5.26 Å². The van der Waals surface area contributed by atoms with Crippen LogP contribution in [0.2, 0.25) is 0 Å². The number of hydrogen-bond donors (Lipinski definition) is 1. The van der Waals surface area contributed by atoms with Crippen LogP contribution in [0.4, 0.5) is 0 Å². The Hall–Kier alpha value is -0.510. The molecule has 0 spiro atoms. The van der Waals surface area contributed by atoms with Gasteiger partial charge in [-0.05, 0) is 12.8 Å². The van der Waals surface area contributed by atoms with Gasteiger partial charge in [0.1, 0.15) is 0 Å². The second-order valence-electron chi connectivity index (χ2n) is 3.46. The molecule has 0 bridgehead atoms. The highest BCUT2D eigenvalue weighted by molar-refractivity contribution is 14.0. The third-order valence-electron chi connectivity index (χ3n) is 2.09. The van der Waals surface area contributed by atoms with Crippen LogP contribution in [0.5, 0.6) is 0 Å². The molecule has 4 nitrogen and oxygen atoms in total. The SMILES string of the molecule is CN(C)C(N)=NCC1(C#N)CC1.I. The first kappa shape index (κ1) is 12.5. The molecule has 0 saturated heterocycles. The molecular formula is C8H15IN4. The monoisotopic (exact) mass is 294 g/mol. The predicted octanol–water partition coefficient (Wildman–Crippen LogP) is 0.784. The molecule has 0 aromatic carbocycles. The van der Waals surface area contributed by atoms with Crippen molar-refractivity contribution < 1.29 is 0 Å². The van der Waals surface area contributed by atoms with Gasteiger partial charge >= 0.3 is 0 Å². The van der Waals surface area contributed by atoms with E-state index in [1.54, 1.807) is 4.90 Å². The maximum Gasteiger partial charge on any atom is 0.190 e. The minimum atomic E-state index is -0.180. The molecule has 5 heteroatoms. The largest absolute Gasteiger partial charge is 0.370 e. The van der Waals surface area contributed by atoms with Gasteiger partial charge in [0.15, 0.2) is 5.96 Å². The van der Waals surface area contributed by atoms with Crippen molar-refractivity contribution in [3.63, 3.8) is 0 Å². The first-order valence-corrected chi connectivity index (χ1v) is 3.98. The van der Waals surface area contributed by atoms with E-state index in [-0.39, 0.29) is 29.4 Å². The van der Waals surface area contributed by atoms with E-state index in [4.69, 9.17) is 11.0 Å². The molecule has 1 aliphatic rings. The number of guanidine groups is 1. The Morgan fingerprint density at radius 1 is 1.62 bits per heavy atom. The van der Waals surface area contributed by atoms with E-state index in [0.29, 0.717) is 12.5 Å². The number of hydrogen-bond acceptors (Lipinski definition) is 2. The molecule has 0 unspecified atom stereocenters. The Labute approximate surface area is 95.8 Å². The molecule has 1 saturated carbocycles. The molecule has 1 aliphatic carbocycles. The third-order valence-corrected chi connectivity index (χ3v) is 2.09. The smallest absolute Gasteiger partial charge is 0.190 e. The van der Waals surface area contributed by atoms with Gasteiger partial charge in [0.2, 0.25) is 0 Å². The summed E-state index contributed by atoms with van der Waals surface area (Å²) in [5, 5.41) is 8.73. The zero-order valence-electron chi connectivity index (χ0n) is 7.95.